The Labute approximate surface area is 167 Å². The van der Waals surface area contributed by atoms with Gasteiger partial charge in [-0.2, -0.15) is 5.10 Å². The number of nitrogens with one attached hydrogen (secondary N) is 2. The van der Waals surface area contributed by atoms with Gasteiger partial charge < -0.3 is 5.32 Å². The summed E-state index contributed by atoms with van der Waals surface area (Å²) >= 11 is 0. The summed E-state index contributed by atoms with van der Waals surface area (Å²) in [6, 6.07) is 13.9. The van der Waals surface area contributed by atoms with Crippen LogP contribution in [0.2, 0.25) is 0 Å². The van der Waals surface area contributed by atoms with Gasteiger partial charge >= 0.3 is 0 Å². The molecule has 0 heterocycles. The van der Waals surface area contributed by atoms with Crippen LogP contribution in [0.1, 0.15) is 63.9 Å². The summed E-state index contributed by atoms with van der Waals surface area (Å²) in [4.78, 5) is 23.6. The Kier molecular flexibility index (Phi) is 9.76. The van der Waals surface area contributed by atoms with Gasteiger partial charge in [-0.05, 0) is 17.2 Å². The number of rotatable bonds is 12. The molecule has 5 nitrogen and oxygen atoms in total. The normalized spacial score (nSPS) is 11.0. The van der Waals surface area contributed by atoms with E-state index < -0.39 is 0 Å². The molecule has 2 aromatic rings. The van der Waals surface area contributed by atoms with Crippen LogP contribution in [0.15, 0.2) is 47.6 Å². The number of carbonyl (C=O) groups is 2. The minimum atomic E-state index is -0.329. The summed E-state index contributed by atoms with van der Waals surface area (Å²) in [7, 11) is 0. The summed E-state index contributed by atoms with van der Waals surface area (Å²) in [6.07, 6.45) is 10.3. The molecule has 0 bridgehead atoms. The predicted octanol–water partition coefficient (Wildman–Crippen LogP) is 4.55. The highest BCUT2D eigenvalue weighted by Crippen LogP contribution is 2.16. The van der Waals surface area contributed by atoms with E-state index in [2.05, 4.69) is 22.8 Å². The number of hydrogen-bond acceptors (Lipinski definition) is 3. The maximum atomic E-state index is 11.8. The van der Waals surface area contributed by atoms with Gasteiger partial charge in [0.1, 0.15) is 0 Å². The van der Waals surface area contributed by atoms with E-state index in [0.717, 1.165) is 29.2 Å². The van der Waals surface area contributed by atoms with Crippen LogP contribution in [0.25, 0.3) is 10.8 Å². The molecule has 0 saturated heterocycles. The Bertz CT molecular complexity index is 781. The smallest absolute Gasteiger partial charge is 0.259 e. The molecule has 0 spiro atoms. The third kappa shape index (κ3) is 7.91. The van der Waals surface area contributed by atoms with Crippen molar-refractivity contribution in [2.45, 2.75) is 58.3 Å². The van der Waals surface area contributed by atoms with Gasteiger partial charge in [-0.1, -0.05) is 87.9 Å². The van der Waals surface area contributed by atoms with Crippen LogP contribution in [-0.2, 0) is 9.59 Å². The molecule has 2 N–H and O–H groups in total. The molecule has 2 amide bonds. The third-order valence-electron chi connectivity index (χ3n) is 4.67. The summed E-state index contributed by atoms with van der Waals surface area (Å²) in [5.41, 5.74) is 3.39. The SMILES string of the molecule is CCCCCCCCCC(=O)NCC(=O)N/N=C\c1cccc2ccccc12. The van der Waals surface area contributed by atoms with Crippen molar-refractivity contribution in [3.63, 3.8) is 0 Å². The zero-order chi connectivity index (χ0) is 20.0. The summed E-state index contributed by atoms with van der Waals surface area (Å²) < 4.78 is 0. The highest BCUT2D eigenvalue weighted by atomic mass is 16.2. The molecule has 0 atom stereocenters. The molecule has 2 aromatic carbocycles. The van der Waals surface area contributed by atoms with Gasteiger partial charge in [0.2, 0.25) is 5.91 Å². The number of amides is 2. The lowest BCUT2D eigenvalue weighted by Gasteiger charge is -2.05. The van der Waals surface area contributed by atoms with E-state index in [1.54, 1.807) is 6.21 Å². The average Bonchev–Trinajstić information content (AvgIpc) is 2.72. The van der Waals surface area contributed by atoms with Crippen LogP contribution in [0.3, 0.4) is 0 Å². The molecule has 0 aromatic heterocycles. The van der Waals surface area contributed by atoms with Gasteiger partial charge in [-0.3, -0.25) is 9.59 Å². The largest absolute Gasteiger partial charge is 0.347 e. The highest BCUT2D eigenvalue weighted by molar-refractivity contribution is 6.00. The maximum Gasteiger partial charge on any atom is 0.259 e. The van der Waals surface area contributed by atoms with Crippen molar-refractivity contribution in [2.75, 3.05) is 6.54 Å². The van der Waals surface area contributed by atoms with Crippen molar-refractivity contribution in [3.8, 4) is 0 Å². The van der Waals surface area contributed by atoms with Crippen LogP contribution >= 0.6 is 0 Å². The van der Waals surface area contributed by atoms with Gasteiger partial charge in [0.15, 0.2) is 0 Å². The Morgan fingerprint density at radius 2 is 1.61 bits per heavy atom. The third-order valence-corrected chi connectivity index (χ3v) is 4.67. The number of benzene rings is 2. The Morgan fingerprint density at radius 3 is 2.43 bits per heavy atom. The fourth-order valence-electron chi connectivity index (χ4n) is 3.09. The van der Waals surface area contributed by atoms with Crippen molar-refractivity contribution < 1.29 is 9.59 Å². The molecule has 0 aliphatic rings. The summed E-state index contributed by atoms with van der Waals surface area (Å²) in [5, 5.41) is 8.85. The minimum absolute atomic E-state index is 0.0534. The van der Waals surface area contributed by atoms with Crippen LogP contribution in [0, 0.1) is 0 Å². The van der Waals surface area contributed by atoms with Crippen LogP contribution < -0.4 is 10.7 Å². The first-order valence-corrected chi connectivity index (χ1v) is 10.3. The second kappa shape index (κ2) is 12.7. The average molecular weight is 382 g/mol. The molecule has 0 aliphatic heterocycles. The molecule has 28 heavy (non-hydrogen) atoms. The first kappa shape index (κ1) is 21.6. The number of hydrazone groups is 1. The molecular formula is C23H31N3O2. The predicted molar refractivity (Wildman–Crippen MR) is 115 cm³/mol. The zero-order valence-corrected chi connectivity index (χ0v) is 16.7. The van der Waals surface area contributed by atoms with Gasteiger partial charge in [0.05, 0.1) is 12.8 Å². The monoisotopic (exact) mass is 381 g/mol. The maximum absolute atomic E-state index is 11.8. The molecule has 0 aliphatic carbocycles. The van der Waals surface area contributed by atoms with E-state index in [4.69, 9.17) is 0 Å². The van der Waals surface area contributed by atoms with Gasteiger partial charge in [0, 0.05) is 12.0 Å². The zero-order valence-electron chi connectivity index (χ0n) is 16.7. The Morgan fingerprint density at radius 1 is 0.893 bits per heavy atom. The van der Waals surface area contributed by atoms with Crippen LogP contribution in [-0.4, -0.2) is 24.6 Å². The van der Waals surface area contributed by atoms with Crippen molar-refractivity contribution in [1.82, 2.24) is 10.7 Å². The fraction of sp³-hybridized carbons (Fsp3) is 0.435. The number of nitrogens with zero attached hydrogens (tertiary/aromatic N) is 1. The second-order valence-electron chi connectivity index (χ2n) is 7.01. The van der Waals surface area contributed by atoms with Crippen molar-refractivity contribution in [2.24, 2.45) is 5.10 Å². The molecule has 0 radical (unpaired) electrons. The molecule has 0 fully saturated rings. The number of carbonyl (C=O) groups excluding carboxylic acids is 2. The van der Waals surface area contributed by atoms with E-state index in [9.17, 15) is 9.59 Å². The second-order valence-corrected chi connectivity index (χ2v) is 7.01. The van der Waals surface area contributed by atoms with Crippen LogP contribution in [0.4, 0.5) is 0 Å². The number of unbranched alkanes of at least 4 members (excludes halogenated alkanes) is 6. The first-order valence-electron chi connectivity index (χ1n) is 10.3. The number of fused-ring (bicyclic) bond motifs is 1. The van der Waals surface area contributed by atoms with E-state index in [1.807, 2.05) is 42.5 Å². The minimum Gasteiger partial charge on any atom is -0.347 e. The number of hydrogen-bond donors (Lipinski definition) is 2. The summed E-state index contributed by atoms with van der Waals surface area (Å²) in [6.45, 7) is 2.15. The molecular weight excluding hydrogens is 350 g/mol. The summed E-state index contributed by atoms with van der Waals surface area (Å²) in [5.74, 6) is -0.411. The lowest BCUT2D eigenvalue weighted by molar-refractivity contribution is -0.126. The topological polar surface area (TPSA) is 70.6 Å². The van der Waals surface area contributed by atoms with Crippen molar-refractivity contribution in [1.29, 1.82) is 0 Å². The van der Waals surface area contributed by atoms with Gasteiger partial charge in [0.25, 0.3) is 5.91 Å². The van der Waals surface area contributed by atoms with Crippen molar-refractivity contribution >= 4 is 28.8 Å². The van der Waals surface area contributed by atoms with Gasteiger partial charge in [-0.15, -0.1) is 0 Å². The van der Waals surface area contributed by atoms with E-state index in [0.29, 0.717) is 6.42 Å². The molecule has 2 rings (SSSR count). The Balaban J connectivity index is 1.63. The molecule has 150 valence electrons. The Hall–Kier alpha value is -2.69. The fourth-order valence-corrected chi connectivity index (χ4v) is 3.09. The molecule has 0 saturated carbocycles. The van der Waals surface area contributed by atoms with E-state index in [-0.39, 0.29) is 18.4 Å². The lowest BCUT2D eigenvalue weighted by atomic mass is 10.1. The van der Waals surface area contributed by atoms with E-state index >= 15 is 0 Å². The molecule has 0 unspecified atom stereocenters. The van der Waals surface area contributed by atoms with E-state index in [1.165, 1.54) is 32.1 Å². The van der Waals surface area contributed by atoms with Crippen molar-refractivity contribution in [3.05, 3.63) is 48.0 Å². The quantitative estimate of drug-likeness (QED) is 0.322. The standard InChI is InChI=1S/C23H31N3O2/c1-2-3-4-5-6-7-8-16-22(27)24-18-23(28)26-25-17-20-14-11-13-19-12-9-10-15-21(19)20/h9-15,17H,2-8,16,18H2,1H3,(H,24,27)(H,26,28)/b25-17-. The first-order chi connectivity index (χ1) is 13.7. The highest BCUT2D eigenvalue weighted by Gasteiger charge is 2.05. The van der Waals surface area contributed by atoms with Gasteiger partial charge in [-0.25, -0.2) is 5.43 Å². The lowest BCUT2D eigenvalue weighted by Crippen LogP contribution is -2.34. The van der Waals surface area contributed by atoms with Crippen LogP contribution in [0.5, 0.6) is 0 Å². The molecule has 5 heteroatoms.